The van der Waals surface area contributed by atoms with Gasteiger partial charge in [-0.15, -0.1) is 5.10 Å². The molecule has 2 heterocycles. The maximum atomic E-state index is 4.45. The van der Waals surface area contributed by atoms with E-state index in [4.69, 9.17) is 0 Å². The highest BCUT2D eigenvalue weighted by Crippen LogP contribution is 2.24. The molecule has 1 N–H and O–H groups in total. The second-order valence-corrected chi connectivity index (χ2v) is 8.83. The molecular formula is C21H35N6+. The molecular weight excluding hydrogens is 336 g/mol. The van der Waals surface area contributed by atoms with E-state index in [1.165, 1.54) is 16.8 Å². The Labute approximate surface area is 163 Å². The molecule has 1 saturated heterocycles. The van der Waals surface area contributed by atoms with Crippen molar-refractivity contribution in [2.75, 3.05) is 31.1 Å². The zero-order valence-corrected chi connectivity index (χ0v) is 17.8. The molecule has 1 aromatic heterocycles. The summed E-state index contributed by atoms with van der Waals surface area (Å²) in [6, 6.07) is 7.00. The van der Waals surface area contributed by atoms with Crippen LogP contribution in [0.25, 0.3) is 0 Å². The van der Waals surface area contributed by atoms with Crippen molar-refractivity contribution in [3.05, 3.63) is 35.2 Å². The molecule has 0 amide bonds. The topological polar surface area (TPSA) is 51.3 Å². The molecule has 2 aromatic rings. The Bertz CT molecular complexity index is 752. The fourth-order valence-electron chi connectivity index (χ4n) is 4.16. The molecule has 1 fully saturated rings. The van der Waals surface area contributed by atoms with E-state index in [-0.39, 0.29) is 5.54 Å². The lowest BCUT2D eigenvalue weighted by molar-refractivity contribution is -0.933. The van der Waals surface area contributed by atoms with Crippen LogP contribution in [-0.2, 0) is 5.54 Å². The SMILES string of the molecule is CCC[C@H](c1nnnn1C(C)(C)C)[NH+]1CCN(c2cccc(C)c2C)CC1. The number of piperazine rings is 1. The number of hydrogen-bond acceptors (Lipinski definition) is 4. The number of aryl methyl sites for hydroxylation is 1. The Morgan fingerprint density at radius 1 is 1.15 bits per heavy atom. The third-order valence-electron chi connectivity index (χ3n) is 5.83. The standard InChI is InChI=1S/C21H34N6/c1-7-9-19(20-22-23-24-27(20)21(4,5)6)26-14-12-25(13-15-26)18-11-8-10-16(2)17(18)3/h8,10-11,19H,7,9,12-15H2,1-6H3/p+1/t19-/m1/s1. The van der Waals surface area contributed by atoms with Gasteiger partial charge in [0, 0.05) is 12.1 Å². The molecule has 148 valence electrons. The first-order valence-electron chi connectivity index (χ1n) is 10.3. The fourth-order valence-corrected chi connectivity index (χ4v) is 4.16. The minimum atomic E-state index is -0.0925. The molecule has 0 unspecified atom stereocenters. The van der Waals surface area contributed by atoms with Crippen LogP contribution < -0.4 is 9.80 Å². The van der Waals surface area contributed by atoms with Crippen LogP contribution in [0.15, 0.2) is 18.2 Å². The van der Waals surface area contributed by atoms with Crippen molar-refractivity contribution in [3.63, 3.8) is 0 Å². The van der Waals surface area contributed by atoms with Crippen molar-refractivity contribution in [2.24, 2.45) is 0 Å². The smallest absolute Gasteiger partial charge is 0.209 e. The predicted molar refractivity (Wildman–Crippen MR) is 109 cm³/mol. The first-order chi connectivity index (χ1) is 12.8. The molecule has 1 aromatic carbocycles. The van der Waals surface area contributed by atoms with Crippen LogP contribution in [0.5, 0.6) is 0 Å². The van der Waals surface area contributed by atoms with Crippen LogP contribution in [0.2, 0.25) is 0 Å². The van der Waals surface area contributed by atoms with E-state index in [1.54, 1.807) is 4.90 Å². The molecule has 0 aliphatic carbocycles. The van der Waals surface area contributed by atoms with Gasteiger partial charge in [0.1, 0.15) is 6.04 Å². The minimum absolute atomic E-state index is 0.0925. The highest BCUT2D eigenvalue weighted by Gasteiger charge is 2.34. The van der Waals surface area contributed by atoms with Gasteiger partial charge in [0.25, 0.3) is 0 Å². The minimum Gasteiger partial charge on any atom is -0.360 e. The number of hydrogen-bond donors (Lipinski definition) is 1. The largest absolute Gasteiger partial charge is 0.360 e. The first kappa shape index (κ1) is 19.8. The van der Waals surface area contributed by atoms with Crippen molar-refractivity contribution >= 4 is 5.69 Å². The molecule has 1 aliphatic heterocycles. The zero-order valence-electron chi connectivity index (χ0n) is 17.8. The summed E-state index contributed by atoms with van der Waals surface area (Å²) in [4.78, 5) is 4.15. The van der Waals surface area contributed by atoms with Gasteiger partial charge in [0.2, 0.25) is 5.82 Å². The van der Waals surface area contributed by atoms with Gasteiger partial charge < -0.3 is 9.80 Å². The monoisotopic (exact) mass is 371 g/mol. The highest BCUT2D eigenvalue weighted by atomic mass is 15.6. The Hall–Kier alpha value is -1.95. The van der Waals surface area contributed by atoms with E-state index in [2.05, 4.69) is 80.2 Å². The lowest BCUT2D eigenvalue weighted by atomic mass is 10.0. The van der Waals surface area contributed by atoms with Crippen LogP contribution in [0.1, 0.15) is 63.5 Å². The summed E-state index contributed by atoms with van der Waals surface area (Å²) < 4.78 is 2.03. The maximum absolute atomic E-state index is 4.45. The third kappa shape index (κ3) is 4.15. The summed E-state index contributed by atoms with van der Waals surface area (Å²) in [7, 11) is 0. The van der Waals surface area contributed by atoms with Gasteiger partial charge >= 0.3 is 0 Å². The second kappa shape index (κ2) is 7.97. The van der Waals surface area contributed by atoms with E-state index >= 15 is 0 Å². The summed E-state index contributed by atoms with van der Waals surface area (Å²) in [5.74, 6) is 1.04. The number of aromatic nitrogens is 4. The molecule has 0 saturated carbocycles. The Balaban J connectivity index is 1.77. The van der Waals surface area contributed by atoms with Gasteiger partial charge in [-0.3, -0.25) is 0 Å². The van der Waals surface area contributed by atoms with Crippen molar-refractivity contribution in [2.45, 2.75) is 66.0 Å². The maximum Gasteiger partial charge on any atom is 0.209 e. The van der Waals surface area contributed by atoms with Gasteiger partial charge in [0.05, 0.1) is 31.7 Å². The number of anilines is 1. The highest BCUT2D eigenvalue weighted by molar-refractivity contribution is 5.56. The molecule has 0 spiro atoms. The quantitative estimate of drug-likeness (QED) is 0.876. The van der Waals surface area contributed by atoms with E-state index in [0.29, 0.717) is 6.04 Å². The number of quaternary nitrogens is 1. The molecule has 6 heteroatoms. The van der Waals surface area contributed by atoms with Crippen LogP contribution in [0, 0.1) is 13.8 Å². The van der Waals surface area contributed by atoms with Crippen molar-refractivity contribution in [1.82, 2.24) is 20.2 Å². The van der Waals surface area contributed by atoms with E-state index < -0.39 is 0 Å². The van der Waals surface area contributed by atoms with Crippen LogP contribution in [-0.4, -0.2) is 46.4 Å². The zero-order chi connectivity index (χ0) is 19.6. The lowest BCUT2D eigenvalue weighted by Gasteiger charge is -2.38. The summed E-state index contributed by atoms with van der Waals surface area (Å²) in [6.07, 6.45) is 2.27. The first-order valence-corrected chi connectivity index (χ1v) is 10.3. The van der Waals surface area contributed by atoms with Crippen LogP contribution in [0.3, 0.4) is 0 Å². The summed E-state index contributed by atoms with van der Waals surface area (Å²) in [5.41, 5.74) is 4.07. The van der Waals surface area contributed by atoms with Crippen molar-refractivity contribution in [1.29, 1.82) is 0 Å². The van der Waals surface area contributed by atoms with E-state index in [9.17, 15) is 0 Å². The van der Waals surface area contributed by atoms with Crippen molar-refractivity contribution in [3.8, 4) is 0 Å². The van der Waals surface area contributed by atoms with E-state index in [0.717, 1.165) is 44.8 Å². The Morgan fingerprint density at radius 2 is 1.85 bits per heavy atom. The molecule has 27 heavy (non-hydrogen) atoms. The lowest BCUT2D eigenvalue weighted by Crippen LogP contribution is -3.15. The van der Waals surface area contributed by atoms with Gasteiger partial charge in [0.15, 0.2) is 0 Å². The number of nitrogens with one attached hydrogen (secondary N) is 1. The van der Waals surface area contributed by atoms with Crippen LogP contribution in [0.4, 0.5) is 5.69 Å². The third-order valence-corrected chi connectivity index (χ3v) is 5.83. The number of tetrazole rings is 1. The molecule has 3 rings (SSSR count). The molecule has 6 nitrogen and oxygen atoms in total. The second-order valence-electron chi connectivity index (χ2n) is 8.83. The normalized spacial score (nSPS) is 17.3. The van der Waals surface area contributed by atoms with Crippen LogP contribution >= 0.6 is 0 Å². The summed E-state index contributed by atoms with van der Waals surface area (Å²) >= 11 is 0. The van der Waals surface area contributed by atoms with Crippen molar-refractivity contribution < 1.29 is 4.90 Å². The molecule has 1 aliphatic rings. The predicted octanol–water partition coefficient (Wildman–Crippen LogP) is 2.29. The Kier molecular flexibility index (Phi) is 5.84. The number of benzene rings is 1. The Morgan fingerprint density at radius 3 is 2.48 bits per heavy atom. The van der Waals surface area contributed by atoms with Gasteiger partial charge in [-0.25, -0.2) is 4.68 Å². The molecule has 1 atom stereocenters. The average molecular weight is 372 g/mol. The van der Waals surface area contributed by atoms with Gasteiger partial charge in [-0.1, -0.05) is 25.5 Å². The fraction of sp³-hybridized carbons (Fsp3) is 0.667. The van der Waals surface area contributed by atoms with Gasteiger partial charge in [-0.2, -0.15) is 0 Å². The summed E-state index contributed by atoms with van der Waals surface area (Å²) in [5, 5.41) is 12.8. The summed E-state index contributed by atoms with van der Waals surface area (Å²) in [6.45, 7) is 17.6. The molecule has 0 bridgehead atoms. The van der Waals surface area contributed by atoms with Gasteiger partial charge in [-0.05, 0) is 62.2 Å². The van der Waals surface area contributed by atoms with E-state index in [1.807, 2.05) is 4.68 Å². The number of rotatable bonds is 5. The average Bonchev–Trinajstić information content (AvgIpc) is 3.12. The molecule has 0 radical (unpaired) electrons. The number of nitrogens with zero attached hydrogens (tertiary/aromatic N) is 5.